The van der Waals surface area contributed by atoms with Crippen molar-refractivity contribution < 1.29 is 39.0 Å². The van der Waals surface area contributed by atoms with Gasteiger partial charge in [-0.1, -0.05) is 12.1 Å². The fourth-order valence-corrected chi connectivity index (χ4v) is 2.14. The van der Waals surface area contributed by atoms with E-state index in [-0.39, 0.29) is 14.9 Å². The summed E-state index contributed by atoms with van der Waals surface area (Å²) in [5.74, 6) is -1.67. The minimum Gasteiger partial charge on any atom is -0.168 e. The Morgan fingerprint density at radius 3 is 1.23 bits per heavy atom. The number of benzene rings is 2. The number of fused-ring (bicyclic) bond motifs is 2. The number of carboxylic acid groups (broad SMARTS) is 2. The van der Waals surface area contributed by atoms with Gasteiger partial charge in [0.1, 0.15) is 0 Å². The Balaban J connectivity index is -0.000000329. The van der Waals surface area contributed by atoms with E-state index in [0.29, 0.717) is 0 Å². The van der Waals surface area contributed by atoms with Gasteiger partial charge in [0.05, 0.1) is 0 Å². The van der Waals surface area contributed by atoms with Gasteiger partial charge >= 0.3 is 26.8 Å². The normalized spacial score (nSPS) is 7.90. The fraction of sp³-hybridized carbons (Fsp3) is 0.0833. The number of aliphatic carboxylic acids is 2. The van der Waals surface area contributed by atoms with Gasteiger partial charge < -0.3 is 25.1 Å². The molecule has 0 amide bonds. The molecule has 0 heterocycles. The number of hydrogen-bond acceptors (Lipinski definition) is 2. The van der Waals surface area contributed by atoms with E-state index in [9.17, 15) is 0 Å². The van der Waals surface area contributed by atoms with E-state index in [1.807, 2.05) is 0 Å². The monoisotopic (exact) mass is 456 g/mol. The molecule has 4 aromatic rings. The van der Waals surface area contributed by atoms with Crippen LogP contribution < -0.4 is 0 Å². The quantitative estimate of drug-likeness (QED) is 0.258. The van der Waals surface area contributed by atoms with Crippen LogP contribution in [0.25, 0.3) is 21.5 Å². The van der Waals surface area contributed by atoms with Crippen LogP contribution in [0.2, 0.25) is 0 Å². The predicted octanol–water partition coefficient (Wildman–Crippen LogP) is 5.82. The third-order valence-electron chi connectivity index (χ3n) is 3.10. The third-order valence-corrected chi connectivity index (χ3v) is 3.10. The maximum absolute atomic E-state index is 9.00. The molecule has 0 aromatic heterocycles. The van der Waals surface area contributed by atoms with Crippen molar-refractivity contribution >= 4 is 41.1 Å². The number of hydrogen-bond donors (Lipinski definition) is 2. The second-order valence-electron chi connectivity index (χ2n) is 5.35. The summed E-state index contributed by atoms with van der Waals surface area (Å²) in [6, 6.07) is 29.3. The number of rotatable bonds is 0. The SMILES string of the molecule is CC(=O)O.CC(=O)O.[CH3-].[CH3-].[Si]=[Ti].c1ccc2[cH-]ccc2c1.c1ccc2[cH-]ccc2c1. The molecular weight excluding hydrogens is 428 g/mol. The minimum absolute atomic E-state index is 0. The van der Waals surface area contributed by atoms with E-state index < -0.39 is 11.9 Å². The summed E-state index contributed by atoms with van der Waals surface area (Å²) in [6.45, 7) is 2.17. The second kappa shape index (κ2) is 19.8. The van der Waals surface area contributed by atoms with E-state index in [4.69, 9.17) is 19.8 Å². The molecule has 0 fully saturated rings. The van der Waals surface area contributed by atoms with Crippen molar-refractivity contribution in [3.8, 4) is 0 Å². The van der Waals surface area contributed by atoms with Crippen LogP contribution in [0.3, 0.4) is 0 Å². The molecule has 0 bridgehead atoms. The molecule has 0 atom stereocenters. The van der Waals surface area contributed by atoms with Gasteiger partial charge in [0.25, 0.3) is 11.9 Å². The molecule has 2 N–H and O–H groups in total. The van der Waals surface area contributed by atoms with Crippen LogP contribution in [-0.4, -0.2) is 29.8 Å². The van der Waals surface area contributed by atoms with Gasteiger partial charge in [0.2, 0.25) is 0 Å². The van der Waals surface area contributed by atoms with Gasteiger partial charge in [0.15, 0.2) is 0 Å². The minimum atomic E-state index is -0.833. The second-order valence-corrected chi connectivity index (χ2v) is 5.35. The molecule has 4 nitrogen and oxygen atoms in total. The molecule has 0 aliphatic rings. The molecule has 0 spiro atoms. The molecule has 160 valence electrons. The molecular formula is C24H28O4SiTi-4. The third kappa shape index (κ3) is 15.5. The average molecular weight is 456 g/mol. The largest absolute Gasteiger partial charge is 0.168 e. The summed E-state index contributed by atoms with van der Waals surface area (Å²) < 4.78 is 0. The van der Waals surface area contributed by atoms with Crippen LogP contribution in [0, 0.1) is 14.9 Å². The van der Waals surface area contributed by atoms with E-state index in [1.165, 1.54) is 21.5 Å². The Kier molecular flexibility index (Phi) is 21.3. The van der Waals surface area contributed by atoms with E-state index in [1.54, 1.807) is 19.2 Å². The summed E-state index contributed by atoms with van der Waals surface area (Å²) in [5.41, 5.74) is 0. The summed E-state index contributed by atoms with van der Waals surface area (Å²) in [4.78, 5) is 18.0. The standard InChI is InChI=1S/2C9H7.2C2H4O2.2CH3.Si.Ti/c2*1-2-5-9-7-3-6-8(9)4-1;2*1-2(3)4;;;;/h2*1-7H;2*1H3,(H,3,4);2*1H3;;/q2*-1;;;2*-1;;. The van der Waals surface area contributed by atoms with Crippen LogP contribution in [0.4, 0.5) is 0 Å². The molecule has 2 radical (unpaired) electrons. The zero-order valence-corrected chi connectivity index (χ0v) is 20.4. The van der Waals surface area contributed by atoms with Crippen LogP contribution in [0.5, 0.6) is 0 Å². The van der Waals surface area contributed by atoms with Crippen LogP contribution in [-0.2, 0) is 28.8 Å². The maximum atomic E-state index is 9.00. The first-order valence-electron chi connectivity index (χ1n) is 8.25. The van der Waals surface area contributed by atoms with Crippen molar-refractivity contribution in [1.82, 2.24) is 0 Å². The van der Waals surface area contributed by atoms with Crippen LogP contribution in [0.1, 0.15) is 13.8 Å². The summed E-state index contributed by atoms with van der Waals surface area (Å²) in [7, 11) is 2.97. The summed E-state index contributed by atoms with van der Waals surface area (Å²) in [6.07, 6.45) is 0. The van der Waals surface area contributed by atoms with Crippen molar-refractivity contribution in [2.75, 3.05) is 0 Å². The molecule has 0 unspecified atom stereocenters. The molecule has 30 heavy (non-hydrogen) atoms. The Morgan fingerprint density at radius 2 is 0.967 bits per heavy atom. The van der Waals surface area contributed by atoms with Gasteiger partial charge in [-0.15, -0.1) is 59.3 Å². The van der Waals surface area contributed by atoms with E-state index in [0.717, 1.165) is 13.8 Å². The van der Waals surface area contributed by atoms with Crippen molar-refractivity contribution in [1.29, 1.82) is 0 Å². The van der Waals surface area contributed by atoms with Crippen LogP contribution in [0.15, 0.2) is 84.9 Å². The maximum Gasteiger partial charge on any atom is -0.0809 e. The summed E-state index contributed by atoms with van der Waals surface area (Å²) >= 11 is 1.81. The van der Waals surface area contributed by atoms with Crippen molar-refractivity contribution in [3.63, 3.8) is 0 Å². The molecule has 0 saturated heterocycles. The molecule has 0 saturated carbocycles. The van der Waals surface area contributed by atoms with Crippen LogP contribution >= 0.6 is 0 Å². The zero-order valence-electron chi connectivity index (χ0n) is 17.8. The average Bonchev–Trinajstić information content (AvgIpc) is 3.32. The van der Waals surface area contributed by atoms with Crippen molar-refractivity contribution in [2.45, 2.75) is 13.8 Å². The Morgan fingerprint density at radius 1 is 0.700 bits per heavy atom. The topological polar surface area (TPSA) is 74.6 Å². The van der Waals surface area contributed by atoms with E-state index >= 15 is 0 Å². The first-order chi connectivity index (χ1) is 13.4. The molecule has 0 aliphatic carbocycles. The first-order valence-corrected chi connectivity index (χ1v) is 11.1. The van der Waals surface area contributed by atoms with Crippen molar-refractivity contribution in [2.24, 2.45) is 0 Å². The first kappa shape index (κ1) is 32.2. The van der Waals surface area contributed by atoms with E-state index in [2.05, 4.69) is 92.6 Å². The van der Waals surface area contributed by atoms with Gasteiger partial charge in [-0.25, -0.2) is 0 Å². The molecule has 4 rings (SSSR count). The predicted molar refractivity (Wildman–Crippen MR) is 124 cm³/mol. The molecule has 6 heteroatoms. The molecule has 4 aromatic carbocycles. The van der Waals surface area contributed by atoms with Crippen molar-refractivity contribution in [3.05, 3.63) is 99.8 Å². The number of carbonyl (C=O) groups is 2. The zero-order chi connectivity index (χ0) is 21.4. The van der Waals surface area contributed by atoms with Gasteiger partial charge in [-0.2, -0.15) is 35.0 Å². The summed E-state index contributed by atoms with van der Waals surface area (Å²) in [5, 5.41) is 20.2. The van der Waals surface area contributed by atoms with Gasteiger partial charge in [-0.05, 0) is 0 Å². The molecule has 0 aliphatic heterocycles. The smallest absolute Gasteiger partial charge is 0.0809 e. The van der Waals surface area contributed by atoms with Gasteiger partial charge in [0, 0.05) is 13.8 Å². The Bertz CT molecular complexity index is 813. The fourth-order valence-electron chi connectivity index (χ4n) is 2.14. The van der Waals surface area contributed by atoms with Gasteiger partial charge in [-0.3, -0.25) is 9.59 Å². The Labute approximate surface area is 193 Å². The number of carboxylic acids is 2. The Hall–Kier alpha value is -2.47.